The van der Waals surface area contributed by atoms with E-state index in [9.17, 15) is 0 Å². The number of hydrogen-bond acceptors (Lipinski definition) is 0. The predicted octanol–water partition coefficient (Wildman–Crippen LogP) is 20.5. The monoisotopic (exact) mass is 905 g/mol. The van der Waals surface area contributed by atoms with Gasteiger partial charge in [0.2, 0.25) is 0 Å². The second kappa shape index (κ2) is 15.2. The van der Waals surface area contributed by atoms with E-state index in [0.717, 1.165) is 0 Å². The second-order valence-electron chi connectivity index (χ2n) is 24.6. The first-order valence-electron chi connectivity index (χ1n) is 25.5. The van der Waals surface area contributed by atoms with Crippen LogP contribution in [0.4, 0.5) is 0 Å². The average molecular weight is 905 g/mol. The summed E-state index contributed by atoms with van der Waals surface area (Å²) in [5.41, 5.74) is 15.6. The topological polar surface area (TPSA) is 0 Å². The van der Waals surface area contributed by atoms with Gasteiger partial charge in [-0.05, 0) is 200 Å². The summed E-state index contributed by atoms with van der Waals surface area (Å²) < 4.78 is 0. The van der Waals surface area contributed by atoms with Gasteiger partial charge in [0.05, 0.1) is 0 Å². The van der Waals surface area contributed by atoms with Gasteiger partial charge < -0.3 is 0 Å². The summed E-state index contributed by atoms with van der Waals surface area (Å²) in [5, 5.41) is 18.5. The van der Waals surface area contributed by atoms with Crippen LogP contribution < -0.4 is 0 Å². The highest BCUT2D eigenvalue weighted by Gasteiger charge is 2.25. The third-order valence-electron chi connectivity index (χ3n) is 15.8. The summed E-state index contributed by atoms with van der Waals surface area (Å²) in [5.74, 6) is 0. The number of benzene rings is 10. The Balaban J connectivity index is 1.20. The molecule has 12 rings (SSSR count). The molecule has 0 aliphatic heterocycles. The third kappa shape index (κ3) is 7.00. The standard InChI is InChI=1S/C70H64/c1-67(2,3)45-25-21-41(22-26-45)49-31-29-47(69(7,8)9)37-55(49)43-33-59-51-17-13-15-19-53(51)63-40-58-57(61(35-43)65(59)63)39-64-54-20-16-14-18-52(54)60-34-44(36-62(58)66(60)64)56-38-48(70(10,11)12)30-32-50(56)42-23-27-46(28-24-42)68(4,5)6/h13-40H,1-12H3. The molecule has 12 aromatic rings. The molecule has 0 spiro atoms. The van der Waals surface area contributed by atoms with E-state index in [1.54, 1.807) is 0 Å². The number of fused-ring (bicyclic) bond motifs is 9. The first-order valence-corrected chi connectivity index (χ1v) is 25.5. The summed E-state index contributed by atoms with van der Waals surface area (Å²) in [6.07, 6.45) is 0. The van der Waals surface area contributed by atoms with Crippen LogP contribution in [0.5, 0.6) is 0 Å². The van der Waals surface area contributed by atoms with Crippen LogP contribution in [0.15, 0.2) is 170 Å². The SMILES string of the molecule is CC(C)(C)c1ccc(-c2ccc(C(C)(C)C)cc2-c2cc3c4ccccc4c4cc5c(cc6c7ccccc7c7cc(-c8cc(C(C)(C)C)ccc8-c8ccc(C(C)(C)C)cc8)cc5c76)c(c2)c34)cc1. The van der Waals surface area contributed by atoms with Crippen molar-refractivity contribution in [2.45, 2.75) is 105 Å². The van der Waals surface area contributed by atoms with Gasteiger partial charge in [0, 0.05) is 0 Å². The molecule has 0 unspecified atom stereocenters. The molecule has 0 fully saturated rings. The molecule has 0 aromatic heterocycles. The fourth-order valence-electron chi connectivity index (χ4n) is 11.7. The maximum absolute atomic E-state index is 2.54. The Morgan fingerprint density at radius 2 is 0.471 bits per heavy atom. The maximum Gasteiger partial charge on any atom is -0.00195 e. The highest BCUT2D eigenvalue weighted by Crippen LogP contribution is 2.51. The molecule has 0 saturated heterocycles. The molecular weight excluding hydrogens is 841 g/mol. The molecule has 0 aliphatic carbocycles. The molecule has 0 aliphatic rings. The quantitative estimate of drug-likeness (QED) is 0.154. The lowest BCUT2D eigenvalue weighted by Gasteiger charge is -2.23. The summed E-state index contributed by atoms with van der Waals surface area (Å²) >= 11 is 0. The highest BCUT2D eigenvalue weighted by molar-refractivity contribution is 6.41. The predicted molar refractivity (Wildman–Crippen MR) is 308 cm³/mol. The van der Waals surface area contributed by atoms with E-state index in [1.165, 1.54) is 142 Å². The van der Waals surface area contributed by atoms with Crippen LogP contribution in [0, 0.1) is 0 Å². The Kier molecular flexibility index (Phi) is 9.62. The fraction of sp³-hybridized carbons (Fsp3) is 0.229. The van der Waals surface area contributed by atoms with Crippen molar-refractivity contribution >= 4 is 75.4 Å². The molecule has 0 bridgehead atoms. The van der Waals surface area contributed by atoms with Crippen LogP contribution in [-0.2, 0) is 21.7 Å². The molecule has 0 heterocycles. The van der Waals surface area contributed by atoms with E-state index >= 15 is 0 Å². The summed E-state index contributed by atoms with van der Waals surface area (Å²) in [7, 11) is 0. The van der Waals surface area contributed by atoms with E-state index in [1.807, 2.05) is 0 Å². The van der Waals surface area contributed by atoms with Crippen molar-refractivity contribution in [1.82, 2.24) is 0 Å². The van der Waals surface area contributed by atoms with Crippen molar-refractivity contribution in [1.29, 1.82) is 0 Å². The highest BCUT2D eigenvalue weighted by atomic mass is 14.3. The van der Waals surface area contributed by atoms with E-state index < -0.39 is 0 Å². The Morgan fingerprint density at radius 3 is 0.771 bits per heavy atom. The molecule has 0 atom stereocenters. The minimum Gasteiger partial charge on any atom is -0.0616 e. The molecule has 0 radical (unpaired) electrons. The minimum absolute atomic E-state index is 0.0164. The van der Waals surface area contributed by atoms with Gasteiger partial charge >= 0.3 is 0 Å². The molecule has 344 valence electrons. The zero-order valence-electron chi connectivity index (χ0n) is 43.2. The zero-order valence-corrected chi connectivity index (χ0v) is 43.2. The van der Waals surface area contributed by atoms with Crippen molar-refractivity contribution in [3.8, 4) is 44.5 Å². The van der Waals surface area contributed by atoms with Crippen molar-refractivity contribution in [2.24, 2.45) is 0 Å². The van der Waals surface area contributed by atoms with Crippen molar-refractivity contribution < 1.29 is 0 Å². The van der Waals surface area contributed by atoms with Gasteiger partial charge in [-0.3, -0.25) is 0 Å². The largest absolute Gasteiger partial charge is 0.0616 e. The third-order valence-corrected chi connectivity index (χ3v) is 15.8. The van der Waals surface area contributed by atoms with Gasteiger partial charge in [-0.1, -0.05) is 217 Å². The second-order valence-corrected chi connectivity index (χ2v) is 24.6. The summed E-state index contributed by atoms with van der Waals surface area (Å²) in [6.45, 7) is 27.8. The van der Waals surface area contributed by atoms with E-state index in [4.69, 9.17) is 0 Å². The first-order chi connectivity index (χ1) is 33.2. The van der Waals surface area contributed by atoms with Crippen molar-refractivity contribution in [3.05, 3.63) is 192 Å². The number of rotatable bonds is 4. The normalized spacial score (nSPS) is 13.1. The van der Waals surface area contributed by atoms with Crippen LogP contribution in [0.25, 0.3) is 120 Å². The lowest BCUT2D eigenvalue weighted by atomic mass is 9.81. The Hall–Kier alpha value is -7.02. The first kappa shape index (κ1) is 44.2. The minimum atomic E-state index is -0.0164. The Morgan fingerprint density at radius 1 is 0.200 bits per heavy atom. The fourth-order valence-corrected chi connectivity index (χ4v) is 11.7. The summed E-state index contributed by atoms with van der Waals surface area (Å²) in [4.78, 5) is 0. The molecule has 0 amide bonds. The van der Waals surface area contributed by atoms with Crippen LogP contribution in [0.1, 0.15) is 105 Å². The lowest BCUT2D eigenvalue weighted by Crippen LogP contribution is -2.11. The average Bonchev–Trinajstić information content (AvgIpc) is 3.83. The van der Waals surface area contributed by atoms with E-state index in [-0.39, 0.29) is 21.7 Å². The Labute approximate surface area is 414 Å². The molecule has 12 aromatic carbocycles. The van der Waals surface area contributed by atoms with Gasteiger partial charge in [-0.15, -0.1) is 0 Å². The van der Waals surface area contributed by atoms with E-state index in [2.05, 4.69) is 253 Å². The van der Waals surface area contributed by atoms with Gasteiger partial charge in [0.1, 0.15) is 0 Å². The zero-order chi connectivity index (χ0) is 48.8. The molecular formula is C70H64. The molecule has 0 saturated carbocycles. The van der Waals surface area contributed by atoms with Gasteiger partial charge in [-0.2, -0.15) is 0 Å². The van der Waals surface area contributed by atoms with Crippen LogP contribution >= 0.6 is 0 Å². The van der Waals surface area contributed by atoms with Gasteiger partial charge in [0.15, 0.2) is 0 Å². The van der Waals surface area contributed by atoms with Crippen molar-refractivity contribution in [3.63, 3.8) is 0 Å². The number of hydrogen-bond donors (Lipinski definition) is 0. The van der Waals surface area contributed by atoms with Crippen LogP contribution in [-0.4, -0.2) is 0 Å². The van der Waals surface area contributed by atoms with E-state index in [0.29, 0.717) is 0 Å². The Bertz CT molecular complexity index is 3770. The molecule has 0 N–H and O–H groups in total. The maximum atomic E-state index is 2.54. The summed E-state index contributed by atoms with van der Waals surface area (Å²) in [6, 6.07) is 66.5. The lowest BCUT2D eigenvalue weighted by molar-refractivity contribution is 0.590. The van der Waals surface area contributed by atoms with Crippen molar-refractivity contribution in [2.75, 3.05) is 0 Å². The van der Waals surface area contributed by atoms with Gasteiger partial charge in [-0.25, -0.2) is 0 Å². The molecule has 0 heteroatoms. The molecule has 0 nitrogen and oxygen atoms in total. The van der Waals surface area contributed by atoms with Crippen LogP contribution in [0.3, 0.4) is 0 Å². The van der Waals surface area contributed by atoms with Crippen LogP contribution in [0.2, 0.25) is 0 Å². The van der Waals surface area contributed by atoms with Gasteiger partial charge in [0.25, 0.3) is 0 Å². The molecule has 70 heavy (non-hydrogen) atoms. The smallest absolute Gasteiger partial charge is 0.00195 e.